The van der Waals surface area contributed by atoms with Crippen molar-refractivity contribution in [3.05, 3.63) is 29.8 Å². The Morgan fingerprint density at radius 1 is 1.27 bits per heavy atom. The normalized spacial score (nSPS) is 11.4. The van der Waals surface area contributed by atoms with Gasteiger partial charge in [-0.3, -0.25) is 4.79 Å². The van der Waals surface area contributed by atoms with Crippen molar-refractivity contribution in [1.82, 2.24) is 10.2 Å². The molecule has 0 aromatic heterocycles. The predicted octanol–water partition coefficient (Wildman–Crippen LogP) is 0.725. The number of hydrogen-bond acceptors (Lipinski definition) is 4. The van der Waals surface area contributed by atoms with Gasteiger partial charge in [-0.15, -0.1) is 0 Å². The van der Waals surface area contributed by atoms with Crippen LogP contribution in [-0.4, -0.2) is 45.9 Å². The van der Waals surface area contributed by atoms with Crippen LogP contribution >= 0.6 is 0 Å². The van der Waals surface area contributed by atoms with Gasteiger partial charge in [0.25, 0.3) is 0 Å². The Hall–Kier alpha value is -1.44. The van der Waals surface area contributed by atoms with Crippen LogP contribution in [0.2, 0.25) is 0 Å². The quantitative estimate of drug-likeness (QED) is 0.654. The Balaban J connectivity index is 2.31. The second-order valence-electron chi connectivity index (χ2n) is 5.28. The van der Waals surface area contributed by atoms with Crippen LogP contribution in [0.3, 0.4) is 0 Å². The SMILES string of the molecule is CCCCN(C)C(=O)CNCCc1ccc(S(N)(=O)=O)cc1. The molecule has 0 fully saturated rings. The standard InChI is InChI=1S/C15H25N3O3S/c1-3-4-11-18(2)15(19)12-17-10-9-13-5-7-14(8-6-13)22(16,20)21/h5-8,17H,3-4,9-12H2,1-2H3,(H2,16,20,21). The molecule has 1 aromatic carbocycles. The van der Waals surface area contributed by atoms with Crippen LogP contribution in [0.1, 0.15) is 25.3 Å². The number of primary sulfonamides is 1. The van der Waals surface area contributed by atoms with Crippen LogP contribution in [0, 0.1) is 0 Å². The van der Waals surface area contributed by atoms with Crippen molar-refractivity contribution in [3.8, 4) is 0 Å². The molecule has 0 aliphatic carbocycles. The Morgan fingerprint density at radius 2 is 1.91 bits per heavy atom. The molecule has 0 saturated heterocycles. The number of unbranched alkanes of at least 4 members (excludes halogenated alkanes) is 1. The Bertz CT molecular complexity index is 570. The van der Waals surface area contributed by atoms with Crippen LogP contribution < -0.4 is 10.5 Å². The summed E-state index contributed by atoms with van der Waals surface area (Å²) in [5, 5.41) is 8.14. The first-order valence-electron chi connectivity index (χ1n) is 7.41. The monoisotopic (exact) mass is 327 g/mol. The van der Waals surface area contributed by atoms with E-state index in [1.54, 1.807) is 17.0 Å². The van der Waals surface area contributed by atoms with Gasteiger partial charge in [0.15, 0.2) is 0 Å². The van der Waals surface area contributed by atoms with E-state index in [9.17, 15) is 13.2 Å². The van der Waals surface area contributed by atoms with E-state index in [0.29, 0.717) is 13.1 Å². The molecule has 0 aliphatic heterocycles. The molecular weight excluding hydrogens is 302 g/mol. The molecule has 1 rings (SSSR count). The molecule has 22 heavy (non-hydrogen) atoms. The van der Waals surface area contributed by atoms with Crippen molar-refractivity contribution in [2.45, 2.75) is 31.1 Å². The summed E-state index contributed by atoms with van der Waals surface area (Å²) in [6.07, 6.45) is 2.80. The van der Waals surface area contributed by atoms with Gasteiger partial charge in [0.05, 0.1) is 11.4 Å². The van der Waals surface area contributed by atoms with Crippen LogP contribution in [0.25, 0.3) is 0 Å². The number of nitrogens with one attached hydrogen (secondary N) is 1. The van der Waals surface area contributed by atoms with E-state index in [0.717, 1.165) is 31.4 Å². The van der Waals surface area contributed by atoms with Crippen molar-refractivity contribution in [3.63, 3.8) is 0 Å². The molecule has 3 N–H and O–H groups in total. The number of sulfonamides is 1. The van der Waals surface area contributed by atoms with Gasteiger partial charge in [-0.1, -0.05) is 25.5 Å². The van der Waals surface area contributed by atoms with Gasteiger partial charge in [-0.25, -0.2) is 13.6 Å². The molecule has 0 spiro atoms. The number of carbonyl (C=O) groups is 1. The topological polar surface area (TPSA) is 92.5 Å². The lowest BCUT2D eigenvalue weighted by molar-refractivity contribution is -0.129. The third-order valence-corrected chi connectivity index (χ3v) is 4.32. The van der Waals surface area contributed by atoms with Crippen LogP contribution in [-0.2, 0) is 21.2 Å². The Kier molecular flexibility index (Phi) is 7.50. The summed E-state index contributed by atoms with van der Waals surface area (Å²) in [7, 11) is -1.83. The summed E-state index contributed by atoms with van der Waals surface area (Å²) in [6, 6.07) is 6.45. The van der Waals surface area contributed by atoms with Gasteiger partial charge in [-0.2, -0.15) is 0 Å². The lowest BCUT2D eigenvalue weighted by Crippen LogP contribution is -2.36. The van der Waals surface area contributed by atoms with E-state index in [1.165, 1.54) is 12.1 Å². The molecule has 0 bridgehead atoms. The molecule has 1 amide bonds. The van der Waals surface area contributed by atoms with Gasteiger partial charge in [-0.05, 0) is 37.1 Å². The minimum absolute atomic E-state index is 0.0815. The maximum atomic E-state index is 11.8. The third-order valence-electron chi connectivity index (χ3n) is 3.39. The number of carbonyl (C=O) groups excluding carboxylic acids is 1. The first kappa shape index (κ1) is 18.6. The van der Waals surface area contributed by atoms with E-state index >= 15 is 0 Å². The molecule has 6 nitrogen and oxygen atoms in total. The zero-order chi connectivity index (χ0) is 16.6. The number of hydrogen-bond donors (Lipinski definition) is 2. The smallest absolute Gasteiger partial charge is 0.238 e. The van der Waals surface area contributed by atoms with E-state index < -0.39 is 10.0 Å². The summed E-state index contributed by atoms with van der Waals surface area (Å²) in [5.74, 6) is 0.0815. The fraction of sp³-hybridized carbons (Fsp3) is 0.533. The highest BCUT2D eigenvalue weighted by molar-refractivity contribution is 7.89. The average Bonchev–Trinajstić information content (AvgIpc) is 2.48. The molecule has 0 heterocycles. The average molecular weight is 327 g/mol. The van der Waals surface area contributed by atoms with E-state index in [2.05, 4.69) is 12.2 Å². The Morgan fingerprint density at radius 3 is 2.45 bits per heavy atom. The molecule has 0 saturated carbocycles. The second-order valence-corrected chi connectivity index (χ2v) is 6.85. The highest BCUT2D eigenvalue weighted by atomic mass is 32.2. The maximum absolute atomic E-state index is 11.8. The summed E-state index contributed by atoms with van der Waals surface area (Å²) in [6.45, 7) is 3.85. The Labute approximate surface area is 132 Å². The van der Waals surface area contributed by atoms with Crippen LogP contribution in [0.15, 0.2) is 29.2 Å². The lowest BCUT2D eigenvalue weighted by atomic mass is 10.1. The maximum Gasteiger partial charge on any atom is 0.238 e. The number of benzene rings is 1. The molecule has 0 aliphatic rings. The molecule has 7 heteroatoms. The van der Waals surface area contributed by atoms with E-state index in [4.69, 9.17) is 5.14 Å². The molecular formula is C15H25N3O3S. The first-order chi connectivity index (χ1) is 10.3. The highest BCUT2D eigenvalue weighted by Crippen LogP contribution is 2.08. The summed E-state index contributed by atoms with van der Waals surface area (Å²) in [5.41, 5.74) is 0.992. The third kappa shape index (κ3) is 6.55. The van der Waals surface area contributed by atoms with Crippen molar-refractivity contribution >= 4 is 15.9 Å². The number of nitrogens with zero attached hydrogens (tertiary/aromatic N) is 1. The fourth-order valence-corrected chi connectivity index (χ4v) is 2.44. The highest BCUT2D eigenvalue weighted by Gasteiger charge is 2.08. The predicted molar refractivity (Wildman–Crippen MR) is 86.9 cm³/mol. The van der Waals surface area contributed by atoms with Crippen molar-refractivity contribution < 1.29 is 13.2 Å². The number of rotatable bonds is 9. The van der Waals surface area contributed by atoms with Gasteiger partial charge >= 0.3 is 0 Å². The molecule has 0 atom stereocenters. The molecule has 0 radical (unpaired) electrons. The van der Waals surface area contributed by atoms with E-state index in [1.807, 2.05) is 7.05 Å². The molecule has 124 valence electrons. The molecule has 0 unspecified atom stereocenters. The zero-order valence-electron chi connectivity index (χ0n) is 13.2. The van der Waals surface area contributed by atoms with Gasteiger partial charge in [0.1, 0.15) is 0 Å². The second kappa shape index (κ2) is 8.87. The fourth-order valence-electron chi connectivity index (χ4n) is 1.93. The van der Waals surface area contributed by atoms with Crippen molar-refractivity contribution in [2.75, 3.05) is 26.7 Å². The van der Waals surface area contributed by atoms with Crippen molar-refractivity contribution in [2.24, 2.45) is 5.14 Å². The number of nitrogens with two attached hydrogens (primary N) is 1. The number of amides is 1. The zero-order valence-corrected chi connectivity index (χ0v) is 14.0. The van der Waals surface area contributed by atoms with Gasteiger partial charge in [0, 0.05) is 13.6 Å². The van der Waals surface area contributed by atoms with Gasteiger partial charge in [0.2, 0.25) is 15.9 Å². The minimum Gasteiger partial charge on any atom is -0.345 e. The first-order valence-corrected chi connectivity index (χ1v) is 8.95. The van der Waals surface area contributed by atoms with Crippen molar-refractivity contribution in [1.29, 1.82) is 0 Å². The summed E-state index contributed by atoms with van der Waals surface area (Å²) in [4.78, 5) is 13.6. The van der Waals surface area contributed by atoms with Gasteiger partial charge < -0.3 is 10.2 Å². The largest absolute Gasteiger partial charge is 0.345 e. The van der Waals surface area contributed by atoms with Crippen LogP contribution in [0.5, 0.6) is 0 Å². The summed E-state index contributed by atoms with van der Waals surface area (Å²) < 4.78 is 22.3. The summed E-state index contributed by atoms with van der Waals surface area (Å²) >= 11 is 0. The molecule has 1 aromatic rings. The number of likely N-dealkylation sites (N-methyl/N-ethyl adjacent to an activating group) is 1. The van der Waals surface area contributed by atoms with Crippen LogP contribution in [0.4, 0.5) is 0 Å². The van der Waals surface area contributed by atoms with E-state index in [-0.39, 0.29) is 10.8 Å². The lowest BCUT2D eigenvalue weighted by Gasteiger charge is -2.17. The minimum atomic E-state index is -3.64.